The van der Waals surface area contributed by atoms with Gasteiger partial charge in [-0.05, 0) is 48.1 Å². The van der Waals surface area contributed by atoms with Crippen LogP contribution in [-0.2, 0) is 18.5 Å². The van der Waals surface area contributed by atoms with Gasteiger partial charge < -0.3 is 0 Å². The van der Waals surface area contributed by atoms with Gasteiger partial charge in [-0.15, -0.1) is 0 Å². The zero-order chi connectivity index (χ0) is 18.3. The number of pyridine rings is 1. The van der Waals surface area contributed by atoms with Gasteiger partial charge in [0.05, 0.1) is 0 Å². The average Bonchev–Trinajstić information content (AvgIpc) is 2.61. The number of aromatic nitrogens is 1. The van der Waals surface area contributed by atoms with Crippen LogP contribution in [0.1, 0.15) is 36.0 Å². The fraction of sp³-hybridized carbons (Fsp3) is 0.292. The van der Waals surface area contributed by atoms with Gasteiger partial charge in [-0.25, -0.2) is 4.98 Å². The average molecular weight is 358 g/mol. The molecule has 2 aromatic carbocycles. The van der Waals surface area contributed by atoms with E-state index in [4.69, 9.17) is 0 Å². The van der Waals surface area contributed by atoms with Crippen LogP contribution >= 0.6 is 0 Å². The Bertz CT molecular complexity index is 878. The van der Waals surface area contributed by atoms with E-state index in [9.17, 15) is 4.39 Å². The Morgan fingerprint density at radius 1 is 0.815 bits per heavy atom. The van der Waals surface area contributed by atoms with E-state index in [0.717, 1.165) is 37.9 Å². The molecule has 3 aliphatic rings. The molecule has 136 valence electrons. The Balaban J connectivity index is 1.38. The standard InChI is InChI=1S/C24H23FN2/c25-22-13-21(11-12-26-22)23-16-24(17-23,18-23)27(14-19-7-3-1-4-8-19)15-20-9-5-2-6-10-20/h1-13H,14-18H2. The molecular weight excluding hydrogens is 335 g/mol. The van der Waals surface area contributed by atoms with Crippen molar-refractivity contribution in [2.45, 2.75) is 43.3 Å². The smallest absolute Gasteiger partial charge is 0.213 e. The molecule has 6 rings (SSSR count). The van der Waals surface area contributed by atoms with Gasteiger partial charge in [-0.1, -0.05) is 60.7 Å². The van der Waals surface area contributed by atoms with Gasteiger partial charge in [0.15, 0.2) is 0 Å². The van der Waals surface area contributed by atoms with Gasteiger partial charge in [-0.2, -0.15) is 4.39 Å². The molecule has 0 saturated heterocycles. The second kappa shape index (κ2) is 6.28. The van der Waals surface area contributed by atoms with Crippen molar-refractivity contribution in [3.05, 3.63) is 102 Å². The Kier molecular flexibility index (Phi) is 3.87. The van der Waals surface area contributed by atoms with Gasteiger partial charge in [0.1, 0.15) is 0 Å². The van der Waals surface area contributed by atoms with Crippen molar-refractivity contribution in [3.63, 3.8) is 0 Å². The second-order valence-electron chi connectivity index (χ2n) is 8.23. The van der Waals surface area contributed by atoms with Gasteiger partial charge in [0, 0.05) is 30.2 Å². The van der Waals surface area contributed by atoms with Gasteiger partial charge in [0.25, 0.3) is 0 Å². The molecule has 0 spiro atoms. The predicted molar refractivity (Wildman–Crippen MR) is 105 cm³/mol. The highest BCUT2D eigenvalue weighted by Crippen LogP contribution is 2.70. The van der Waals surface area contributed by atoms with Crippen LogP contribution in [0.3, 0.4) is 0 Å². The minimum absolute atomic E-state index is 0.162. The Morgan fingerprint density at radius 3 is 1.89 bits per heavy atom. The lowest BCUT2D eigenvalue weighted by molar-refractivity contribution is -0.178. The maximum atomic E-state index is 13.6. The molecule has 0 amide bonds. The summed E-state index contributed by atoms with van der Waals surface area (Å²) in [5, 5.41) is 0. The van der Waals surface area contributed by atoms with Crippen LogP contribution in [0.25, 0.3) is 0 Å². The van der Waals surface area contributed by atoms with E-state index in [2.05, 4.69) is 70.5 Å². The first-order valence-corrected chi connectivity index (χ1v) is 9.63. The lowest BCUT2D eigenvalue weighted by Crippen LogP contribution is -2.76. The molecule has 27 heavy (non-hydrogen) atoms. The summed E-state index contributed by atoms with van der Waals surface area (Å²) in [5.41, 5.74) is 4.22. The van der Waals surface area contributed by atoms with Crippen molar-refractivity contribution < 1.29 is 4.39 Å². The van der Waals surface area contributed by atoms with Crippen LogP contribution in [0.2, 0.25) is 0 Å². The molecule has 3 heteroatoms. The lowest BCUT2D eigenvalue weighted by Gasteiger charge is -2.74. The maximum Gasteiger partial charge on any atom is 0.213 e. The molecule has 0 aliphatic heterocycles. The molecule has 3 saturated carbocycles. The number of nitrogens with zero attached hydrogens (tertiary/aromatic N) is 2. The van der Waals surface area contributed by atoms with E-state index in [1.807, 2.05) is 6.07 Å². The summed E-state index contributed by atoms with van der Waals surface area (Å²) in [5.74, 6) is -0.364. The SMILES string of the molecule is Fc1cc(C23CC(N(Cc4ccccc4)Cc4ccccc4)(C2)C3)ccn1. The molecule has 0 radical (unpaired) electrons. The molecule has 0 unspecified atom stereocenters. The summed E-state index contributed by atoms with van der Waals surface area (Å²) < 4.78 is 13.6. The van der Waals surface area contributed by atoms with E-state index in [0.29, 0.717) is 0 Å². The summed E-state index contributed by atoms with van der Waals surface area (Å²) in [7, 11) is 0. The highest BCUT2D eigenvalue weighted by molar-refractivity contribution is 5.41. The van der Waals surface area contributed by atoms with Crippen LogP contribution in [0.5, 0.6) is 0 Å². The van der Waals surface area contributed by atoms with E-state index in [1.165, 1.54) is 11.1 Å². The van der Waals surface area contributed by atoms with Crippen LogP contribution in [0.4, 0.5) is 4.39 Å². The molecule has 3 fully saturated rings. The third-order valence-electron chi connectivity index (χ3n) is 6.44. The molecule has 3 aromatic rings. The van der Waals surface area contributed by atoms with Crippen LogP contribution < -0.4 is 0 Å². The quantitative estimate of drug-likeness (QED) is 0.570. The van der Waals surface area contributed by atoms with E-state index in [-0.39, 0.29) is 16.9 Å². The summed E-state index contributed by atoms with van der Waals surface area (Å²) in [6, 6.07) is 25.0. The third-order valence-corrected chi connectivity index (χ3v) is 6.44. The molecule has 0 N–H and O–H groups in total. The number of halogens is 1. The molecule has 2 nitrogen and oxygen atoms in total. The number of benzene rings is 2. The summed E-state index contributed by atoms with van der Waals surface area (Å²) in [6.45, 7) is 1.91. The van der Waals surface area contributed by atoms with Crippen molar-refractivity contribution in [3.8, 4) is 0 Å². The van der Waals surface area contributed by atoms with Crippen molar-refractivity contribution >= 4 is 0 Å². The van der Waals surface area contributed by atoms with Crippen LogP contribution in [-0.4, -0.2) is 15.4 Å². The molecular formula is C24H23FN2. The van der Waals surface area contributed by atoms with Crippen molar-refractivity contribution in [2.24, 2.45) is 0 Å². The summed E-state index contributed by atoms with van der Waals surface area (Å²) in [4.78, 5) is 6.35. The molecule has 1 aromatic heterocycles. The summed E-state index contributed by atoms with van der Waals surface area (Å²) in [6.07, 6.45) is 4.94. The van der Waals surface area contributed by atoms with Gasteiger partial charge in [0.2, 0.25) is 5.95 Å². The predicted octanol–water partition coefficient (Wildman–Crippen LogP) is 5.10. The zero-order valence-electron chi connectivity index (χ0n) is 15.3. The van der Waals surface area contributed by atoms with E-state index >= 15 is 0 Å². The van der Waals surface area contributed by atoms with Crippen molar-refractivity contribution in [2.75, 3.05) is 0 Å². The number of hydrogen-bond donors (Lipinski definition) is 0. The number of rotatable bonds is 6. The fourth-order valence-electron chi connectivity index (χ4n) is 5.11. The van der Waals surface area contributed by atoms with Crippen LogP contribution in [0, 0.1) is 5.95 Å². The molecule has 3 aliphatic carbocycles. The van der Waals surface area contributed by atoms with Gasteiger partial charge in [-0.3, -0.25) is 4.90 Å². The first-order chi connectivity index (χ1) is 13.2. The largest absolute Gasteiger partial charge is 0.289 e. The molecule has 0 atom stereocenters. The minimum Gasteiger partial charge on any atom is -0.289 e. The van der Waals surface area contributed by atoms with Crippen molar-refractivity contribution in [1.82, 2.24) is 9.88 Å². The minimum atomic E-state index is -0.364. The van der Waals surface area contributed by atoms with Crippen LogP contribution in [0.15, 0.2) is 79.0 Å². The van der Waals surface area contributed by atoms with E-state index < -0.39 is 0 Å². The topological polar surface area (TPSA) is 16.1 Å². The maximum absolute atomic E-state index is 13.6. The highest BCUT2D eigenvalue weighted by Gasteiger charge is 2.70. The Hall–Kier alpha value is -2.52. The Morgan fingerprint density at radius 2 is 1.37 bits per heavy atom. The van der Waals surface area contributed by atoms with E-state index in [1.54, 1.807) is 12.3 Å². The molecule has 2 bridgehead atoms. The molecule has 1 heterocycles. The lowest BCUT2D eigenvalue weighted by atomic mass is 9.37. The van der Waals surface area contributed by atoms with Crippen molar-refractivity contribution in [1.29, 1.82) is 0 Å². The Labute approximate surface area is 159 Å². The highest BCUT2D eigenvalue weighted by atomic mass is 19.1. The number of hydrogen-bond acceptors (Lipinski definition) is 2. The monoisotopic (exact) mass is 358 g/mol. The third kappa shape index (κ3) is 2.87. The van der Waals surface area contributed by atoms with Gasteiger partial charge >= 0.3 is 0 Å². The second-order valence-corrected chi connectivity index (χ2v) is 8.23. The normalized spacial score (nSPS) is 25.7. The summed E-state index contributed by atoms with van der Waals surface area (Å²) >= 11 is 0. The first kappa shape index (κ1) is 16.6. The zero-order valence-corrected chi connectivity index (χ0v) is 15.3. The fourth-order valence-corrected chi connectivity index (χ4v) is 5.11. The first-order valence-electron chi connectivity index (χ1n) is 9.63.